The minimum atomic E-state index is -0.419. The smallest absolute Gasteiger partial charge is 0.266 e. The first-order chi connectivity index (χ1) is 12.9. The molecule has 4 rings (SSSR count). The Morgan fingerprint density at radius 3 is 2.81 bits per heavy atom. The molecule has 1 N–H and O–H groups in total. The number of nitrogens with zero attached hydrogens (tertiary/aromatic N) is 4. The van der Waals surface area contributed by atoms with E-state index in [1.165, 1.54) is 10.7 Å². The number of phenols is 1. The highest BCUT2D eigenvalue weighted by atomic mass is 16.3. The summed E-state index contributed by atoms with van der Waals surface area (Å²) in [6.45, 7) is 3.72. The number of hydrogen-bond acceptors (Lipinski definition) is 5. The van der Waals surface area contributed by atoms with Crippen molar-refractivity contribution in [1.29, 1.82) is 0 Å². The number of carbonyl (C=O) groups excluding carboxylic acids is 1. The molecular weight excluding hydrogens is 344 g/mol. The lowest BCUT2D eigenvalue weighted by molar-refractivity contribution is -0.134. The Morgan fingerprint density at radius 2 is 2.07 bits per heavy atom. The van der Waals surface area contributed by atoms with Crippen molar-refractivity contribution in [2.24, 2.45) is 13.0 Å². The Morgan fingerprint density at radius 1 is 1.26 bits per heavy atom. The van der Waals surface area contributed by atoms with Gasteiger partial charge in [0.15, 0.2) is 5.82 Å². The lowest BCUT2D eigenvalue weighted by Crippen LogP contribution is -2.49. The predicted octanol–water partition coefficient (Wildman–Crippen LogP) is 1.81. The maximum absolute atomic E-state index is 13.4. The Kier molecular flexibility index (Phi) is 4.37. The Hall–Kier alpha value is -2.83. The van der Waals surface area contributed by atoms with E-state index in [1.54, 1.807) is 25.2 Å². The van der Waals surface area contributed by atoms with Gasteiger partial charge < -0.3 is 14.9 Å². The van der Waals surface area contributed by atoms with Gasteiger partial charge in [-0.25, -0.2) is 4.68 Å². The van der Waals surface area contributed by atoms with Crippen LogP contribution in [0.5, 0.6) is 5.75 Å². The van der Waals surface area contributed by atoms with Crippen LogP contribution in [0.25, 0.3) is 0 Å². The van der Waals surface area contributed by atoms with E-state index in [0.717, 1.165) is 37.2 Å². The van der Waals surface area contributed by atoms with Crippen LogP contribution < -0.4 is 10.5 Å². The summed E-state index contributed by atoms with van der Waals surface area (Å²) >= 11 is 0. The molecular formula is C20H24N4O3. The normalized spacial score (nSPS) is 22.0. The van der Waals surface area contributed by atoms with E-state index in [9.17, 15) is 14.7 Å². The Labute approximate surface area is 157 Å². The summed E-state index contributed by atoms with van der Waals surface area (Å²) in [5, 5.41) is 14.2. The molecule has 7 nitrogen and oxygen atoms in total. The van der Waals surface area contributed by atoms with Gasteiger partial charge in [-0.15, -0.1) is 0 Å². The van der Waals surface area contributed by atoms with E-state index in [-0.39, 0.29) is 17.2 Å². The third-order valence-electron chi connectivity index (χ3n) is 5.49. The van der Waals surface area contributed by atoms with Crippen molar-refractivity contribution in [3.05, 3.63) is 46.2 Å². The fourth-order valence-electron chi connectivity index (χ4n) is 4.14. The van der Waals surface area contributed by atoms with Crippen molar-refractivity contribution in [1.82, 2.24) is 14.7 Å². The van der Waals surface area contributed by atoms with Gasteiger partial charge in [0, 0.05) is 38.3 Å². The zero-order valence-corrected chi connectivity index (χ0v) is 15.6. The van der Waals surface area contributed by atoms with Gasteiger partial charge in [-0.1, -0.05) is 6.92 Å². The van der Waals surface area contributed by atoms with Gasteiger partial charge in [-0.3, -0.25) is 9.59 Å². The van der Waals surface area contributed by atoms with Crippen molar-refractivity contribution >= 4 is 17.4 Å². The average Bonchev–Trinajstić information content (AvgIpc) is 3.01. The number of piperidine rings is 1. The topological polar surface area (TPSA) is 78.7 Å². The molecule has 142 valence electrons. The molecule has 2 aliphatic heterocycles. The van der Waals surface area contributed by atoms with Crippen LogP contribution in [0.1, 0.15) is 25.3 Å². The van der Waals surface area contributed by atoms with Crippen LogP contribution >= 0.6 is 0 Å². The highest BCUT2D eigenvalue weighted by molar-refractivity contribution is 5.91. The summed E-state index contributed by atoms with van der Waals surface area (Å²) in [6.07, 6.45) is 2.68. The number of phenolic OH excluding ortho intramolecular Hbond substituents is 1. The van der Waals surface area contributed by atoms with Gasteiger partial charge in [0.2, 0.25) is 5.91 Å². The lowest BCUT2D eigenvalue weighted by atomic mass is 9.99. The second-order valence-corrected chi connectivity index (χ2v) is 7.59. The number of likely N-dealkylation sites (tertiary alicyclic amines) is 1. The summed E-state index contributed by atoms with van der Waals surface area (Å²) in [4.78, 5) is 29.0. The van der Waals surface area contributed by atoms with Crippen LogP contribution in [0.4, 0.5) is 11.5 Å². The van der Waals surface area contributed by atoms with Gasteiger partial charge >= 0.3 is 0 Å². The molecule has 1 saturated heterocycles. The first-order valence-corrected chi connectivity index (χ1v) is 9.38. The summed E-state index contributed by atoms with van der Waals surface area (Å²) in [5.74, 6) is 1.32. The number of benzene rings is 1. The predicted molar refractivity (Wildman–Crippen MR) is 102 cm³/mol. The molecule has 3 heterocycles. The summed E-state index contributed by atoms with van der Waals surface area (Å²) in [6, 6.07) is 7.83. The lowest BCUT2D eigenvalue weighted by Gasteiger charge is -2.35. The van der Waals surface area contributed by atoms with Crippen LogP contribution in [0.15, 0.2) is 35.1 Å². The molecule has 0 radical (unpaired) electrons. The number of carbonyl (C=O) groups is 1. The highest BCUT2D eigenvalue weighted by Crippen LogP contribution is 2.39. The second-order valence-electron chi connectivity index (χ2n) is 7.59. The number of aromatic nitrogens is 2. The average molecular weight is 368 g/mol. The van der Waals surface area contributed by atoms with E-state index in [1.807, 2.05) is 15.9 Å². The standard InChI is InChI=1S/C20H24N4O3/c1-13-4-3-9-23(12-13)20(27)17-11-14-10-15(25)5-6-16(14)24(17)18-7-8-19(26)22(2)21-18/h5-8,10,13,17,25H,3-4,9,11-12H2,1-2H3/t13-,17?/m0/s1. The fraction of sp³-hybridized carbons (Fsp3) is 0.450. The number of rotatable bonds is 2. The molecule has 1 unspecified atom stereocenters. The molecule has 0 spiro atoms. The maximum atomic E-state index is 13.4. The largest absolute Gasteiger partial charge is 0.508 e. The zero-order valence-electron chi connectivity index (χ0n) is 15.6. The second kappa shape index (κ2) is 6.72. The third kappa shape index (κ3) is 3.18. The molecule has 1 fully saturated rings. The number of amides is 1. The molecule has 0 saturated carbocycles. The van der Waals surface area contributed by atoms with Crippen molar-refractivity contribution in [2.75, 3.05) is 18.0 Å². The summed E-state index contributed by atoms with van der Waals surface area (Å²) in [5.41, 5.74) is 1.56. The van der Waals surface area contributed by atoms with E-state index in [2.05, 4.69) is 12.0 Å². The SMILES string of the molecule is C[C@H]1CCCN(C(=O)C2Cc3cc(O)ccc3N2c2ccc(=O)n(C)n2)C1. The molecule has 1 aromatic carbocycles. The van der Waals surface area contributed by atoms with Crippen LogP contribution in [0.2, 0.25) is 0 Å². The van der Waals surface area contributed by atoms with E-state index < -0.39 is 6.04 Å². The minimum Gasteiger partial charge on any atom is -0.508 e. The van der Waals surface area contributed by atoms with Crippen LogP contribution in [0, 0.1) is 5.92 Å². The molecule has 2 atom stereocenters. The first-order valence-electron chi connectivity index (χ1n) is 9.38. The first kappa shape index (κ1) is 17.6. The van der Waals surface area contributed by atoms with Gasteiger partial charge in [0.25, 0.3) is 5.56 Å². The molecule has 27 heavy (non-hydrogen) atoms. The van der Waals surface area contributed by atoms with Crippen molar-refractivity contribution in [3.63, 3.8) is 0 Å². The van der Waals surface area contributed by atoms with E-state index in [0.29, 0.717) is 18.2 Å². The number of hydrogen-bond donors (Lipinski definition) is 1. The Bertz CT molecular complexity index is 939. The van der Waals surface area contributed by atoms with Crippen LogP contribution in [-0.4, -0.2) is 44.8 Å². The molecule has 0 bridgehead atoms. The fourth-order valence-corrected chi connectivity index (χ4v) is 4.14. The highest BCUT2D eigenvalue weighted by Gasteiger charge is 2.39. The third-order valence-corrected chi connectivity index (χ3v) is 5.49. The number of anilines is 2. The van der Waals surface area contributed by atoms with Crippen LogP contribution in [-0.2, 0) is 18.3 Å². The van der Waals surface area contributed by atoms with E-state index in [4.69, 9.17) is 0 Å². The Balaban J connectivity index is 1.74. The van der Waals surface area contributed by atoms with Gasteiger partial charge in [-0.2, -0.15) is 5.10 Å². The molecule has 2 aliphatic rings. The number of aromatic hydroxyl groups is 1. The quantitative estimate of drug-likeness (QED) is 0.875. The van der Waals surface area contributed by atoms with Gasteiger partial charge in [0.05, 0.1) is 0 Å². The van der Waals surface area contributed by atoms with Gasteiger partial charge in [0.1, 0.15) is 11.8 Å². The maximum Gasteiger partial charge on any atom is 0.266 e. The molecule has 7 heteroatoms. The van der Waals surface area contributed by atoms with Crippen molar-refractivity contribution in [3.8, 4) is 5.75 Å². The monoisotopic (exact) mass is 368 g/mol. The summed E-state index contributed by atoms with van der Waals surface area (Å²) in [7, 11) is 1.60. The van der Waals surface area contributed by atoms with Crippen molar-refractivity contribution < 1.29 is 9.90 Å². The molecule has 2 aromatic rings. The molecule has 1 aromatic heterocycles. The van der Waals surface area contributed by atoms with E-state index >= 15 is 0 Å². The van der Waals surface area contributed by atoms with Crippen LogP contribution in [0.3, 0.4) is 0 Å². The number of fused-ring (bicyclic) bond motifs is 1. The summed E-state index contributed by atoms with van der Waals surface area (Å²) < 4.78 is 1.28. The van der Waals surface area contributed by atoms with Gasteiger partial charge in [-0.05, 0) is 48.6 Å². The van der Waals surface area contributed by atoms with Crippen molar-refractivity contribution in [2.45, 2.75) is 32.2 Å². The molecule has 0 aliphatic carbocycles. The minimum absolute atomic E-state index is 0.0768. The zero-order chi connectivity index (χ0) is 19.1. The molecule has 1 amide bonds. The number of aryl methyl sites for hydroxylation is 1.